The van der Waals surface area contributed by atoms with Crippen molar-refractivity contribution in [3.8, 4) is 5.75 Å². The summed E-state index contributed by atoms with van der Waals surface area (Å²) in [5, 5.41) is 49.9. The van der Waals surface area contributed by atoms with Crippen molar-refractivity contribution in [2.45, 2.75) is 93.2 Å². The summed E-state index contributed by atoms with van der Waals surface area (Å²) in [6.07, 6.45) is 0.284. The molecule has 4 aliphatic heterocycles. The molecule has 2 aromatic rings. The maximum absolute atomic E-state index is 14.2. The molecule has 4 saturated heterocycles. The van der Waals surface area contributed by atoms with Crippen molar-refractivity contribution in [2.24, 2.45) is 22.2 Å². The standard InChI is InChI=1S/C50H79N16O9.Cu/c51-48(52)61-17-3-5-38-45(72)64-39(46(73)65-40(24-34-8-12-37(68)13-9-34)47(74)66-41(26-75-33-67)42(69)14-15-43(70)63-38)4-1-2-16-60-44(71)36-10-6-35(7-11-36)25-62-50-30-57-21-18-54-27-49(53,28-55-19-22-58-31-50)29-56-20-23-59-32-50;/h6-13,33,38-41,54-55,57-59,62,68H,1-5,14-32,53H2,(H,60,71)(H,63,70)(H,64,72)(H,65,73)(H,66,74)(H4,51,52,61);/q-1;/t38-,39?,40+,41-,49?,50?;/m1./s1/i;1+0. The van der Waals surface area contributed by atoms with E-state index in [1.807, 2.05) is 12.1 Å². The number of Topliss-reactive ketones (excluding diaryl/α,β-unsaturated/α-hetero) is 1. The smallest absolute Gasteiger partial charge is 0.293 e. The van der Waals surface area contributed by atoms with Crippen LogP contribution in [0.25, 0.3) is 5.32 Å². The number of carbonyl (C=O) groups is 7. The van der Waals surface area contributed by atoms with Crippen molar-refractivity contribution in [3.05, 3.63) is 70.5 Å². The number of nitrogens with zero attached hydrogens (tertiary/aromatic N) is 2. The molecule has 4 heterocycles. The normalized spacial score (nSPS) is 25.0. The van der Waals surface area contributed by atoms with Crippen LogP contribution < -0.4 is 75.7 Å². The van der Waals surface area contributed by atoms with Crippen molar-refractivity contribution < 1.29 is 60.5 Å². The third-order valence-corrected chi connectivity index (χ3v) is 13.1. The summed E-state index contributed by atoms with van der Waals surface area (Å²) in [5.74, 6) is -4.00. The largest absolute Gasteiger partial charge is 0.660 e. The minimum Gasteiger partial charge on any atom is -0.660 e. The van der Waals surface area contributed by atoms with Gasteiger partial charge in [0.25, 0.3) is 12.4 Å². The fourth-order valence-electron chi connectivity index (χ4n) is 8.82. The molecule has 4 aliphatic rings. The van der Waals surface area contributed by atoms with E-state index in [1.165, 1.54) is 12.1 Å². The molecule has 76 heavy (non-hydrogen) atoms. The van der Waals surface area contributed by atoms with Crippen LogP contribution in [0.5, 0.6) is 5.75 Å². The van der Waals surface area contributed by atoms with Gasteiger partial charge in [-0.1, -0.05) is 24.3 Å². The van der Waals surface area contributed by atoms with Crippen LogP contribution in [0.2, 0.25) is 0 Å². The van der Waals surface area contributed by atoms with E-state index >= 15 is 0 Å². The molecule has 4 fully saturated rings. The first kappa shape index (κ1) is 62.7. The molecule has 18 N–H and O–H groups in total. The van der Waals surface area contributed by atoms with E-state index in [1.54, 1.807) is 24.3 Å². The van der Waals surface area contributed by atoms with Crippen LogP contribution in [0, 0.1) is 0 Å². The monoisotopic (exact) mass is 1110 g/mol. The minimum absolute atomic E-state index is 0. The molecule has 1 unspecified atom stereocenters. The third kappa shape index (κ3) is 22.4. The van der Waals surface area contributed by atoms with Gasteiger partial charge in [0.1, 0.15) is 36.5 Å². The van der Waals surface area contributed by atoms with Crippen molar-refractivity contribution in [3.63, 3.8) is 0 Å². The Hall–Kier alpha value is -5.80. The van der Waals surface area contributed by atoms with E-state index in [-0.39, 0.29) is 98.3 Å². The number of amides is 5. The molecule has 425 valence electrons. The number of guanidine groups is 1. The van der Waals surface area contributed by atoms with E-state index in [2.05, 4.69) is 63.5 Å². The Kier molecular flexibility index (Phi) is 27.6. The molecular weight excluding hydrogens is 1030 g/mol. The number of hydrogen-bond acceptors (Lipinski definition) is 17. The molecule has 5 amide bonds. The zero-order valence-corrected chi connectivity index (χ0v) is 44.1. The summed E-state index contributed by atoms with van der Waals surface area (Å²) >= 11 is 0. The van der Waals surface area contributed by atoms with E-state index in [4.69, 9.17) is 27.3 Å². The summed E-state index contributed by atoms with van der Waals surface area (Å²) in [7, 11) is 0. The Bertz CT molecular complexity index is 2140. The number of carbonyl (C=O) groups excluding carboxylic acids is 7. The molecule has 1 radical (unpaired) electrons. The number of aliphatic imine (C=N–C) groups is 1. The van der Waals surface area contributed by atoms with Crippen LogP contribution in [-0.4, -0.2) is 186 Å². The number of fused-ring (bicyclic) bond motifs is 15. The van der Waals surface area contributed by atoms with Gasteiger partial charge >= 0.3 is 0 Å². The number of unbranched alkanes of at least 4 members (excludes halogenated alkanes) is 1. The molecule has 6 rings (SSSR count). The zero-order chi connectivity index (χ0) is 53.9. The molecule has 4 atom stereocenters. The molecule has 0 saturated carbocycles. The number of phenolic OH excluding ortho intramolecular Hbond substituents is 1. The summed E-state index contributed by atoms with van der Waals surface area (Å²) in [6, 6.07) is 8.26. The average molecular weight is 1110 g/mol. The second kappa shape index (κ2) is 33.4. The first-order valence-electron chi connectivity index (χ1n) is 25.9. The van der Waals surface area contributed by atoms with Crippen molar-refractivity contribution >= 4 is 47.8 Å². The second-order valence-corrected chi connectivity index (χ2v) is 19.5. The van der Waals surface area contributed by atoms with E-state index in [0.717, 1.165) is 38.3 Å². The molecule has 26 heteroatoms. The number of phenols is 1. The maximum atomic E-state index is 14.2. The predicted octanol–water partition coefficient (Wildman–Crippen LogP) is -4.06. The van der Waals surface area contributed by atoms with Crippen LogP contribution in [0.1, 0.15) is 66.4 Å². The number of ether oxygens (including phenoxy) is 1. The number of nitrogens with one attached hydrogen (secondary N) is 11. The van der Waals surface area contributed by atoms with Gasteiger partial charge in [-0.3, -0.25) is 38.6 Å². The van der Waals surface area contributed by atoms with Gasteiger partial charge in [-0.15, -0.1) is 13.1 Å². The fraction of sp³-hybridized carbons (Fsp3) is 0.600. The Morgan fingerprint density at radius 2 is 1.29 bits per heavy atom. The Morgan fingerprint density at radius 3 is 1.93 bits per heavy atom. The van der Waals surface area contributed by atoms with Crippen LogP contribution in [0.3, 0.4) is 0 Å². The van der Waals surface area contributed by atoms with Crippen molar-refractivity contribution in [1.29, 1.82) is 0 Å². The second-order valence-electron chi connectivity index (χ2n) is 19.5. The number of benzene rings is 2. The topological polar surface area (TPSA) is 386 Å². The van der Waals surface area contributed by atoms with Crippen molar-refractivity contribution in [1.82, 2.24) is 58.5 Å². The van der Waals surface area contributed by atoms with Gasteiger partial charge in [0.05, 0.1) is 5.54 Å². The fourth-order valence-corrected chi connectivity index (χ4v) is 8.82. The predicted molar refractivity (Wildman–Crippen MR) is 282 cm³/mol. The Labute approximate surface area is 454 Å². The number of nitrogens with two attached hydrogens (primary N) is 3. The maximum Gasteiger partial charge on any atom is 0.293 e. The SMILES string of the molecule is NC(N)=NCCC[C@H]1NC(=O)CCC(=O)[C@@H](COC=O)NC(=O)[C@H](Cc2ccc(O)cc2)NC(=O)C(CCCCNC(=O)c2ccc(CNC34CNCC[N-]CC(N)(CNCCNC3)CNCCNC4)cc2)NC1=O.[64Cu]. The van der Waals surface area contributed by atoms with Crippen LogP contribution >= 0.6 is 0 Å². The molecule has 0 aliphatic carbocycles. The van der Waals surface area contributed by atoms with Gasteiger partial charge < -0.3 is 90.8 Å². The van der Waals surface area contributed by atoms with Gasteiger partial charge in [-0.2, -0.15) is 0 Å². The molecule has 2 aromatic carbocycles. The van der Waals surface area contributed by atoms with Gasteiger partial charge in [-0.05, 0) is 74.0 Å². The number of hydrogen-bond donors (Lipinski definition) is 15. The van der Waals surface area contributed by atoms with Gasteiger partial charge in [0.2, 0.25) is 23.6 Å². The van der Waals surface area contributed by atoms with Crippen LogP contribution in [0.15, 0.2) is 53.5 Å². The molecular formula is C50H79CuN16O9-. The first-order chi connectivity index (χ1) is 36.2. The van der Waals surface area contributed by atoms with Gasteiger partial charge in [0.15, 0.2) is 11.7 Å². The number of aromatic hydroxyl groups is 1. The van der Waals surface area contributed by atoms with Gasteiger partial charge in [-0.25, -0.2) is 0 Å². The van der Waals surface area contributed by atoms with E-state index in [0.29, 0.717) is 76.3 Å². The molecule has 0 aromatic heterocycles. The summed E-state index contributed by atoms with van der Waals surface area (Å²) in [5.41, 5.74) is 18.9. The Balaban J connectivity index is 0.0000125. The summed E-state index contributed by atoms with van der Waals surface area (Å²) in [6.45, 7) is 8.94. The number of ketones is 1. The number of rotatable bonds is 18. The van der Waals surface area contributed by atoms with E-state index < -0.39 is 65.7 Å². The summed E-state index contributed by atoms with van der Waals surface area (Å²) < 4.78 is 4.84. The van der Waals surface area contributed by atoms with Crippen LogP contribution in [-0.2, 0) is 63.5 Å². The molecule has 2 bridgehead atoms. The summed E-state index contributed by atoms with van der Waals surface area (Å²) in [4.78, 5) is 97.0. The average Bonchev–Trinajstić information content (AvgIpc) is 3.39. The Morgan fingerprint density at radius 1 is 0.724 bits per heavy atom. The van der Waals surface area contributed by atoms with E-state index in [9.17, 15) is 38.7 Å². The third-order valence-electron chi connectivity index (χ3n) is 13.1. The zero-order valence-electron chi connectivity index (χ0n) is 43.1. The quantitative estimate of drug-likeness (QED) is 0.0222. The minimum atomic E-state index is -1.36. The van der Waals surface area contributed by atoms with Crippen LogP contribution in [0.4, 0.5) is 0 Å². The van der Waals surface area contributed by atoms with Crippen molar-refractivity contribution in [2.75, 3.05) is 98.2 Å². The molecule has 25 nitrogen and oxygen atoms in total. The van der Waals surface area contributed by atoms with Gasteiger partial charge in [0, 0.05) is 126 Å². The molecule has 0 spiro atoms. The first-order valence-corrected chi connectivity index (χ1v) is 25.9.